The quantitative estimate of drug-likeness (QED) is 0.803. The fourth-order valence-electron chi connectivity index (χ4n) is 5.27. The van der Waals surface area contributed by atoms with Crippen LogP contribution in [0.4, 0.5) is 5.69 Å². The number of hydrogen-bond donors (Lipinski definition) is 3. The van der Waals surface area contributed by atoms with Crippen LogP contribution in [0.3, 0.4) is 0 Å². The van der Waals surface area contributed by atoms with E-state index in [9.17, 15) is 0 Å². The molecule has 126 valence electrons. The van der Waals surface area contributed by atoms with Crippen LogP contribution in [0.5, 0.6) is 0 Å². The molecule has 4 nitrogen and oxygen atoms in total. The number of aromatic nitrogens is 1. The largest absolute Gasteiger partial charge is 0.369 e. The molecule has 3 saturated heterocycles. The topological polar surface area (TPSA) is 43.1 Å². The Morgan fingerprint density at radius 2 is 1.74 bits per heavy atom. The van der Waals surface area contributed by atoms with Gasteiger partial charge in [-0.05, 0) is 63.6 Å². The van der Waals surface area contributed by atoms with Gasteiger partial charge in [0.2, 0.25) is 0 Å². The van der Waals surface area contributed by atoms with E-state index in [1.165, 1.54) is 71.4 Å². The monoisotopic (exact) mass is 314 g/mol. The van der Waals surface area contributed by atoms with Gasteiger partial charge < -0.3 is 20.5 Å². The predicted molar refractivity (Wildman–Crippen MR) is 94.3 cm³/mol. The molecule has 3 atom stereocenters. The molecule has 23 heavy (non-hydrogen) atoms. The summed E-state index contributed by atoms with van der Waals surface area (Å²) in [6, 6.07) is 0. The van der Waals surface area contributed by atoms with Crippen LogP contribution in [0.1, 0.15) is 55.2 Å². The first-order valence-electron chi connectivity index (χ1n) is 9.77. The molecule has 4 heteroatoms. The second kappa shape index (κ2) is 5.82. The van der Waals surface area contributed by atoms with Gasteiger partial charge in [-0.25, -0.2) is 0 Å². The molecular formula is C19H30N4. The maximum Gasteiger partial charge on any atom is 0.0582 e. The van der Waals surface area contributed by atoms with Crippen LogP contribution in [-0.4, -0.2) is 44.3 Å². The summed E-state index contributed by atoms with van der Waals surface area (Å²) in [7, 11) is 0. The molecular weight excluding hydrogens is 284 g/mol. The first-order valence-corrected chi connectivity index (χ1v) is 9.77. The SMILES string of the molecule is c1[nH]c(C2CCNCC2)c(C2CCCNC2)c1N1CC2CC2C1. The normalized spacial score (nSPS) is 34.6. The lowest BCUT2D eigenvalue weighted by molar-refractivity contribution is 0.433. The molecule has 0 bridgehead atoms. The summed E-state index contributed by atoms with van der Waals surface area (Å²) in [5.41, 5.74) is 4.82. The second-order valence-electron chi connectivity index (χ2n) is 8.23. The standard InChI is InChI=1S/C19H30N4/c1-2-14(9-21-5-1)18-17(23-11-15-8-16(15)12-23)10-22-19(18)13-3-6-20-7-4-13/h10,13-16,20-22H,1-9,11-12H2. The van der Waals surface area contributed by atoms with Crippen LogP contribution in [0.15, 0.2) is 6.20 Å². The van der Waals surface area contributed by atoms with Crippen molar-refractivity contribution in [2.75, 3.05) is 44.2 Å². The molecule has 4 fully saturated rings. The van der Waals surface area contributed by atoms with Gasteiger partial charge in [0, 0.05) is 48.9 Å². The van der Waals surface area contributed by atoms with Crippen LogP contribution in [0, 0.1) is 11.8 Å². The Morgan fingerprint density at radius 3 is 2.48 bits per heavy atom. The molecule has 3 N–H and O–H groups in total. The summed E-state index contributed by atoms with van der Waals surface area (Å²) >= 11 is 0. The second-order valence-corrected chi connectivity index (χ2v) is 8.23. The molecule has 0 spiro atoms. The number of fused-ring (bicyclic) bond motifs is 1. The molecule has 4 aliphatic rings. The Hall–Kier alpha value is -1.00. The highest BCUT2D eigenvalue weighted by Gasteiger charge is 2.46. The van der Waals surface area contributed by atoms with Gasteiger partial charge >= 0.3 is 0 Å². The van der Waals surface area contributed by atoms with Gasteiger partial charge in [0.1, 0.15) is 0 Å². The maximum absolute atomic E-state index is 3.75. The van der Waals surface area contributed by atoms with Crippen molar-refractivity contribution in [1.29, 1.82) is 0 Å². The number of anilines is 1. The van der Waals surface area contributed by atoms with E-state index < -0.39 is 0 Å². The maximum atomic E-state index is 3.75. The van der Waals surface area contributed by atoms with E-state index in [-0.39, 0.29) is 0 Å². The van der Waals surface area contributed by atoms with E-state index >= 15 is 0 Å². The fourth-order valence-corrected chi connectivity index (χ4v) is 5.27. The highest BCUT2D eigenvalue weighted by molar-refractivity contribution is 5.59. The van der Waals surface area contributed by atoms with Crippen molar-refractivity contribution in [2.45, 2.75) is 43.9 Å². The highest BCUT2D eigenvalue weighted by Crippen LogP contribution is 2.49. The van der Waals surface area contributed by atoms with Crippen molar-refractivity contribution in [3.63, 3.8) is 0 Å². The number of nitrogens with zero attached hydrogens (tertiary/aromatic N) is 1. The Bertz CT molecular complexity index is 524. The zero-order valence-electron chi connectivity index (χ0n) is 14.1. The van der Waals surface area contributed by atoms with Gasteiger partial charge in [-0.3, -0.25) is 0 Å². The minimum absolute atomic E-state index is 0.715. The summed E-state index contributed by atoms with van der Waals surface area (Å²) in [6.07, 6.45) is 9.11. The molecule has 0 aromatic carbocycles. The summed E-state index contributed by atoms with van der Waals surface area (Å²) in [4.78, 5) is 6.45. The number of nitrogens with one attached hydrogen (secondary N) is 3. The lowest BCUT2D eigenvalue weighted by Crippen LogP contribution is -2.32. The van der Waals surface area contributed by atoms with Gasteiger partial charge in [0.05, 0.1) is 5.69 Å². The lowest BCUT2D eigenvalue weighted by Gasteiger charge is -2.31. The van der Waals surface area contributed by atoms with E-state index in [1.54, 1.807) is 16.9 Å². The number of rotatable bonds is 3. The van der Waals surface area contributed by atoms with E-state index in [4.69, 9.17) is 0 Å². The summed E-state index contributed by atoms with van der Waals surface area (Å²) in [6.45, 7) is 7.34. The Balaban J connectivity index is 1.48. The third kappa shape index (κ3) is 2.60. The van der Waals surface area contributed by atoms with Gasteiger partial charge in [0.15, 0.2) is 0 Å². The predicted octanol–water partition coefficient (Wildman–Crippen LogP) is 2.40. The summed E-state index contributed by atoms with van der Waals surface area (Å²) in [5.74, 6) is 3.46. The average Bonchev–Trinajstić information content (AvgIpc) is 3.04. The summed E-state index contributed by atoms with van der Waals surface area (Å²) < 4.78 is 0. The van der Waals surface area contributed by atoms with Gasteiger partial charge in [0.25, 0.3) is 0 Å². The van der Waals surface area contributed by atoms with Gasteiger partial charge in [-0.1, -0.05) is 0 Å². The molecule has 1 saturated carbocycles. The zero-order chi connectivity index (χ0) is 15.2. The Kier molecular flexibility index (Phi) is 3.63. The van der Waals surface area contributed by atoms with Gasteiger partial charge in [-0.2, -0.15) is 0 Å². The first-order chi connectivity index (χ1) is 11.4. The molecule has 4 heterocycles. The smallest absolute Gasteiger partial charge is 0.0582 e. The molecule has 1 aromatic heterocycles. The molecule has 1 aromatic rings. The van der Waals surface area contributed by atoms with Crippen LogP contribution in [-0.2, 0) is 0 Å². The van der Waals surface area contributed by atoms with Crippen molar-refractivity contribution in [3.8, 4) is 0 Å². The third-order valence-electron chi connectivity index (χ3n) is 6.70. The minimum atomic E-state index is 0.715. The van der Waals surface area contributed by atoms with Crippen LogP contribution >= 0.6 is 0 Å². The van der Waals surface area contributed by atoms with E-state index in [0.29, 0.717) is 5.92 Å². The average molecular weight is 314 g/mol. The molecule has 0 radical (unpaired) electrons. The van der Waals surface area contributed by atoms with Crippen molar-refractivity contribution in [2.24, 2.45) is 11.8 Å². The first kappa shape index (κ1) is 14.4. The number of aromatic amines is 1. The number of hydrogen-bond acceptors (Lipinski definition) is 3. The summed E-state index contributed by atoms with van der Waals surface area (Å²) in [5, 5.41) is 7.16. The fraction of sp³-hybridized carbons (Fsp3) is 0.789. The van der Waals surface area contributed by atoms with Crippen LogP contribution in [0.2, 0.25) is 0 Å². The lowest BCUT2D eigenvalue weighted by atomic mass is 9.84. The Morgan fingerprint density at radius 1 is 0.913 bits per heavy atom. The number of H-pyrrole nitrogens is 1. The molecule has 1 aliphatic carbocycles. The Labute approximate surface area is 139 Å². The number of piperidine rings is 3. The molecule has 3 unspecified atom stereocenters. The van der Waals surface area contributed by atoms with E-state index in [2.05, 4.69) is 26.7 Å². The zero-order valence-corrected chi connectivity index (χ0v) is 14.1. The molecule has 0 amide bonds. The highest BCUT2D eigenvalue weighted by atomic mass is 15.2. The van der Waals surface area contributed by atoms with E-state index in [0.717, 1.165) is 17.8 Å². The van der Waals surface area contributed by atoms with Crippen LogP contribution in [0.25, 0.3) is 0 Å². The van der Waals surface area contributed by atoms with Crippen molar-refractivity contribution < 1.29 is 0 Å². The molecule has 5 rings (SSSR count). The van der Waals surface area contributed by atoms with Crippen molar-refractivity contribution in [1.82, 2.24) is 15.6 Å². The van der Waals surface area contributed by atoms with Crippen molar-refractivity contribution in [3.05, 3.63) is 17.5 Å². The van der Waals surface area contributed by atoms with Crippen LogP contribution < -0.4 is 15.5 Å². The third-order valence-corrected chi connectivity index (χ3v) is 6.70. The molecule has 3 aliphatic heterocycles. The van der Waals surface area contributed by atoms with Gasteiger partial charge in [-0.15, -0.1) is 0 Å². The minimum Gasteiger partial charge on any atom is -0.369 e. The van der Waals surface area contributed by atoms with E-state index in [1.807, 2.05) is 0 Å². The van der Waals surface area contributed by atoms with Crippen molar-refractivity contribution >= 4 is 5.69 Å².